The van der Waals surface area contributed by atoms with Crippen LogP contribution < -0.4 is 5.73 Å². The molecule has 5 nitrogen and oxygen atoms in total. The van der Waals surface area contributed by atoms with E-state index in [0.717, 1.165) is 5.57 Å². The molecule has 2 atom stereocenters. The summed E-state index contributed by atoms with van der Waals surface area (Å²) in [6.07, 6.45) is 7.42. The molecular weight excluding hydrogens is 194 g/mol. The fourth-order valence-electron chi connectivity index (χ4n) is 1.60. The van der Waals surface area contributed by atoms with Crippen LogP contribution in [0.5, 0.6) is 0 Å². The number of fused-ring (bicyclic) bond motifs is 1. The van der Waals surface area contributed by atoms with Crippen molar-refractivity contribution in [2.24, 2.45) is 21.6 Å². The summed E-state index contributed by atoms with van der Waals surface area (Å²) >= 11 is 0. The summed E-state index contributed by atoms with van der Waals surface area (Å²) in [5.74, 6) is -0.266. The lowest BCUT2D eigenvalue weighted by Gasteiger charge is -2.14. The van der Waals surface area contributed by atoms with E-state index in [4.69, 9.17) is 10.8 Å². The van der Waals surface area contributed by atoms with Crippen molar-refractivity contribution >= 4 is 18.0 Å². The van der Waals surface area contributed by atoms with Crippen molar-refractivity contribution in [3.63, 3.8) is 0 Å². The van der Waals surface area contributed by atoms with Crippen LogP contribution in [0.4, 0.5) is 0 Å². The Hall–Kier alpha value is -1.75. The molecule has 0 radical (unpaired) electrons. The number of carboxylic acid groups (broad SMARTS) is 1. The van der Waals surface area contributed by atoms with E-state index in [0.29, 0.717) is 12.3 Å². The molecule has 0 amide bonds. The lowest BCUT2D eigenvalue weighted by atomic mass is 9.93. The number of rotatable bonds is 3. The maximum absolute atomic E-state index is 10.6. The molecule has 0 aromatic carbocycles. The maximum atomic E-state index is 10.6. The number of allylic oxidation sites excluding steroid dienone is 1. The van der Waals surface area contributed by atoms with Gasteiger partial charge in [-0.3, -0.25) is 4.79 Å². The van der Waals surface area contributed by atoms with Crippen molar-refractivity contribution < 1.29 is 9.90 Å². The van der Waals surface area contributed by atoms with E-state index < -0.39 is 12.0 Å². The van der Waals surface area contributed by atoms with Gasteiger partial charge >= 0.3 is 5.97 Å². The number of dihydropyridines is 1. The third-order valence-electron chi connectivity index (χ3n) is 2.41. The predicted octanol–water partition coefficient (Wildman–Crippen LogP) is 0.341. The van der Waals surface area contributed by atoms with Crippen molar-refractivity contribution in [2.75, 3.05) is 0 Å². The summed E-state index contributed by atoms with van der Waals surface area (Å²) in [7, 11) is 0. The Balaban J connectivity index is 2.06. The summed E-state index contributed by atoms with van der Waals surface area (Å²) in [6, 6.07) is -0.870. The van der Waals surface area contributed by atoms with Crippen LogP contribution in [-0.4, -0.2) is 29.2 Å². The number of nitrogens with zero attached hydrogens (tertiary/aromatic N) is 2. The Kier molecular flexibility index (Phi) is 2.47. The zero-order valence-electron chi connectivity index (χ0n) is 8.00. The highest BCUT2D eigenvalue weighted by atomic mass is 16.4. The number of carbonyl (C=O) groups is 1. The molecule has 0 spiro atoms. The van der Waals surface area contributed by atoms with Gasteiger partial charge in [-0.2, -0.15) is 0 Å². The molecule has 15 heavy (non-hydrogen) atoms. The van der Waals surface area contributed by atoms with Gasteiger partial charge in [-0.25, -0.2) is 9.98 Å². The molecule has 0 fully saturated rings. The predicted molar refractivity (Wildman–Crippen MR) is 56.9 cm³/mol. The number of hydrogen-bond donors (Lipinski definition) is 2. The molecule has 2 rings (SSSR count). The Labute approximate surface area is 86.7 Å². The minimum atomic E-state index is -0.993. The first-order chi connectivity index (χ1) is 7.18. The molecule has 78 valence electrons. The molecular formula is C10H11N3O2. The molecule has 0 aromatic rings. The smallest absolute Gasteiger partial charge is 0.320 e. The normalized spacial score (nSPS) is 24.5. The Morgan fingerprint density at radius 1 is 1.67 bits per heavy atom. The van der Waals surface area contributed by atoms with Crippen molar-refractivity contribution in [3.05, 3.63) is 23.9 Å². The van der Waals surface area contributed by atoms with Gasteiger partial charge in [0, 0.05) is 12.4 Å². The molecule has 2 aliphatic heterocycles. The van der Waals surface area contributed by atoms with E-state index in [1.54, 1.807) is 12.4 Å². The Morgan fingerprint density at radius 2 is 2.47 bits per heavy atom. The quantitative estimate of drug-likeness (QED) is 0.696. The molecule has 2 aliphatic rings. The fraction of sp³-hybridized carbons (Fsp3) is 0.300. The monoisotopic (exact) mass is 205 g/mol. The van der Waals surface area contributed by atoms with Crippen LogP contribution in [0.1, 0.15) is 6.42 Å². The van der Waals surface area contributed by atoms with E-state index in [1.165, 1.54) is 0 Å². The second-order valence-corrected chi connectivity index (χ2v) is 3.48. The number of hydrogen-bond acceptors (Lipinski definition) is 4. The van der Waals surface area contributed by atoms with Gasteiger partial charge in [0.15, 0.2) is 0 Å². The molecule has 0 bridgehead atoms. The van der Waals surface area contributed by atoms with E-state index in [1.807, 2.05) is 12.2 Å². The van der Waals surface area contributed by atoms with Crippen molar-refractivity contribution in [1.29, 1.82) is 0 Å². The van der Waals surface area contributed by atoms with E-state index in [2.05, 4.69) is 9.98 Å². The van der Waals surface area contributed by atoms with Crippen LogP contribution in [0.25, 0.3) is 0 Å². The van der Waals surface area contributed by atoms with Gasteiger partial charge in [0.25, 0.3) is 0 Å². The molecule has 0 aromatic heterocycles. The second kappa shape index (κ2) is 3.78. The molecule has 0 saturated heterocycles. The summed E-state index contributed by atoms with van der Waals surface area (Å²) in [6.45, 7) is 0. The number of nitrogens with two attached hydrogens (primary N) is 1. The van der Waals surface area contributed by atoms with Crippen molar-refractivity contribution in [2.45, 2.75) is 12.5 Å². The number of amidine groups is 1. The van der Waals surface area contributed by atoms with Gasteiger partial charge < -0.3 is 10.8 Å². The van der Waals surface area contributed by atoms with Gasteiger partial charge in [0.1, 0.15) is 11.9 Å². The first kappa shape index (κ1) is 9.79. The average molecular weight is 205 g/mol. The molecule has 0 saturated carbocycles. The van der Waals surface area contributed by atoms with E-state index in [-0.39, 0.29) is 5.92 Å². The van der Waals surface area contributed by atoms with Crippen LogP contribution >= 0.6 is 0 Å². The zero-order chi connectivity index (χ0) is 10.8. The number of aliphatic carboxylic acids is 1. The van der Waals surface area contributed by atoms with Crippen molar-refractivity contribution in [1.82, 2.24) is 0 Å². The average Bonchev–Trinajstić information content (AvgIpc) is 2.62. The second-order valence-electron chi connectivity index (χ2n) is 3.48. The Morgan fingerprint density at radius 3 is 3.20 bits per heavy atom. The summed E-state index contributed by atoms with van der Waals surface area (Å²) in [5, 5.41) is 8.70. The molecule has 1 unspecified atom stereocenters. The largest absolute Gasteiger partial charge is 0.480 e. The highest BCUT2D eigenvalue weighted by Gasteiger charge is 2.26. The third-order valence-corrected chi connectivity index (χ3v) is 2.41. The number of aliphatic imine (C=N–C) groups is 2. The summed E-state index contributed by atoms with van der Waals surface area (Å²) < 4.78 is 0. The molecule has 0 aliphatic carbocycles. The summed E-state index contributed by atoms with van der Waals surface area (Å²) in [5.41, 5.74) is 6.37. The standard InChI is InChI=1S/C10H11N3O2/c11-8(10(14)15)4-6-5-13-9-7(6)2-1-3-12-9/h1-3,5,7-8H,4,11H2,(H,14,15)/t7?,8-/m0/s1. The van der Waals surface area contributed by atoms with Gasteiger partial charge in [0.05, 0.1) is 5.92 Å². The molecule has 3 N–H and O–H groups in total. The van der Waals surface area contributed by atoms with Crippen LogP contribution in [0.2, 0.25) is 0 Å². The number of carboxylic acids is 1. The van der Waals surface area contributed by atoms with Gasteiger partial charge in [-0.1, -0.05) is 6.08 Å². The van der Waals surface area contributed by atoms with E-state index in [9.17, 15) is 4.79 Å². The topological polar surface area (TPSA) is 88.0 Å². The fourth-order valence-corrected chi connectivity index (χ4v) is 1.60. The van der Waals surface area contributed by atoms with Crippen LogP contribution in [0.3, 0.4) is 0 Å². The lowest BCUT2D eigenvalue weighted by Crippen LogP contribution is -2.31. The first-order valence-corrected chi connectivity index (χ1v) is 4.64. The molecule has 2 heterocycles. The van der Waals surface area contributed by atoms with Gasteiger partial charge in [0.2, 0.25) is 0 Å². The molecule has 5 heteroatoms. The third kappa shape index (κ3) is 1.87. The maximum Gasteiger partial charge on any atom is 0.320 e. The lowest BCUT2D eigenvalue weighted by molar-refractivity contribution is -0.138. The highest BCUT2D eigenvalue weighted by molar-refractivity contribution is 6.01. The van der Waals surface area contributed by atoms with E-state index >= 15 is 0 Å². The van der Waals surface area contributed by atoms with Crippen molar-refractivity contribution in [3.8, 4) is 0 Å². The minimum absolute atomic E-state index is 0.0143. The Bertz CT molecular complexity index is 407. The SMILES string of the molecule is N[C@@H](CC1=CN=C2N=CC=CC12)C(=O)O. The minimum Gasteiger partial charge on any atom is -0.480 e. The van der Waals surface area contributed by atoms with Crippen LogP contribution in [-0.2, 0) is 4.79 Å². The highest BCUT2D eigenvalue weighted by Crippen LogP contribution is 2.27. The van der Waals surface area contributed by atoms with Gasteiger partial charge in [-0.15, -0.1) is 0 Å². The summed E-state index contributed by atoms with van der Waals surface area (Å²) in [4.78, 5) is 18.8. The zero-order valence-corrected chi connectivity index (χ0v) is 8.00. The van der Waals surface area contributed by atoms with Crippen LogP contribution in [0.15, 0.2) is 33.9 Å². The van der Waals surface area contributed by atoms with Crippen LogP contribution in [0, 0.1) is 5.92 Å². The first-order valence-electron chi connectivity index (χ1n) is 4.64. The van der Waals surface area contributed by atoms with Gasteiger partial charge in [-0.05, 0) is 18.1 Å².